The summed E-state index contributed by atoms with van der Waals surface area (Å²) in [6.07, 6.45) is 0. The third-order valence-electron chi connectivity index (χ3n) is 3.24. The molecule has 6 heteroatoms. The Balaban J connectivity index is 2.47. The Labute approximate surface area is 148 Å². The highest BCUT2D eigenvalue weighted by Gasteiger charge is 2.26. The van der Waals surface area contributed by atoms with Crippen molar-refractivity contribution >= 4 is 44.1 Å². The fourth-order valence-corrected chi connectivity index (χ4v) is 3.10. The van der Waals surface area contributed by atoms with Crippen LogP contribution in [0.5, 0.6) is 0 Å². The molecule has 1 amide bonds. The number of ether oxygens (including phenoxy) is 1. The molecule has 1 aromatic carbocycles. The van der Waals surface area contributed by atoms with Gasteiger partial charge in [-0.15, -0.1) is 11.3 Å². The van der Waals surface area contributed by atoms with E-state index < -0.39 is 11.4 Å². The number of amides is 1. The van der Waals surface area contributed by atoms with Crippen molar-refractivity contribution in [1.82, 2.24) is 0 Å². The van der Waals surface area contributed by atoms with Crippen LogP contribution in [0.3, 0.4) is 0 Å². The molecule has 0 aliphatic heterocycles. The molecule has 0 fully saturated rings. The second-order valence-electron chi connectivity index (χ2n) is 6.06. The summed E-state index contributed by atoms with van der Waals surface area (Å²) in [5, 5.41) is 5.20. The number of hydrogen-bond acceptors (Lipinski definition) is 4. The Bertz CT molecular complexity index is 729. The minimum atomic E-state index is -0.546. The van der Waals surface area contributed by atoms with Gasteiger partial charge in [-0.3, -0.25) is 4.79 Å². The molecule has 2 aromatic rings. The highest BCUT2D eigenvalue weighted by atomic mass is 79.9. The van der Waals surface area contributed by atoms with E-state index >= 15 is 0 Å². The number of methoxy groups -OCH3 is 1. The van der Waals surface area contributed by atoms with E-state index in [4.69, 9.17) is 4.74 Å². The molecule has 0 saturated carbocycles. The van der Waals surface area contributed by atoms with E-state index in [9.17, 15) is 9.59 Å². The molecule has 0 bridgehead atoms. The van der Waals surface area contributed by atoms with Gasteiger partial charge in [-0.25, -0.2) is 4.79 Å². The number of rotatable bonds is 3. The number of halogens is 1. The number of carbonyl (C=O) groups excluding carboxylic acids is 2. The smallest absolute Gasteiger partial charge is 0.341 e. The number of benzene rings is 1. The summed E-state index contributed by atoms with van der Waals surface area (Å²) < 4.78 is 5.85. The van der Waals surface area contributed by atoms with Crippen molar-refractivity contribution in [3.63, 3.8) is 0 Å². The average molecular weight is 396 g/mol. The largest absolute Gasteiger partial charge is 0.465 e. The fourth-order valence-electron chi connectivity index (χ4n) is 1.89. The van der Waals surface area contributed by atoms with Gasteiger partial charge in [0.15, 0.2) is 0 Å². The molecule has 23 heavy (non-hydrogen) atoms. The molecule has 0 saturated heterocycles. The first-order chi connectivity index (χ1) is 10.7. The van der Waals surface area contributed by atoms with Gasteiger partial charge in [0, 0.05) is 20.8 Å². The summed E-state index contributed by atoms with van der Waals surface area (Å²) in [5.41, 5.74) is 1.48. The van der Waals surface area contributed by atoms with Gasteiger partial charge in [0.2, 0.25) is 5.91 Å². The lowest BCUT2D eigenvalue weighted by atomic mass is 9.95. The van der Waals surface area contributed by atoms with Gasteiger partial charge in [0.05, 0.1) is 7.11 Å². The van der Waals surface area contributed by atoms with Crippen molar-refractivity contribution in [3.8, 4) is 11.1 Å². The Morgan fingerprint density at radius 3 is 2.30 bits per heavy atom. The summed E-state index contributed by atoms with van der Waals surface area (Å²) in [6, 6.07) is 7.63. The number of thiophene rings is 1. The van der Waals surface area contributed by atoms with Crippen LogP contribution in [-0.4, -0.2) is 19.0 Å². The van der Waals surface area contributed by atoms with E-state index in [0.29, 0.717) is 10.6 Å². The van der Waals surface area contributed by atoms with E-state index in [1.165, 1.54) is 18.4 Å². The summed E-state index contributed by atoms with van der Waals surface area (Å²) in [4.78, 5) is 24.4. The third kappa shape index (κ3) is 4.00. The van der Waals surface area contributed by atoms with Crippen molar-refractivity contribution in [2.45, 2.75) is 20.8 Å². The van der Waals surface area contributed by atoms with Crippen molar-refractivity contribution in [1.29, 1.82) is 0 Å². The van der Waals surface area contributed by atoms with Gasteiger partial charge in [-0.1, -0.05) is 48.8 Å². The predicted molar refractivity (Wildman–Crippen MR) is 96.9 cm³/mol. The Kier molecular flexibility index (Phi) is 5.26. The first-order valence-corrected chi connectivity index (χ1v) is 8.68. The normalized spacial score (nSPS) is 11.2. The molecule has 0 unspecified atom stereocenters. The molecular weight excluding hydrogens is 378 g/mol. The monoisotopic (exact) mass is 395 g/mol. The van der Waals surface area contributed by atoms with Crippen molar-refractivity contribution in [3.05, 3.63) is 39.7 Å². The SMILES string of the molecule is COC(=O)c1c(-c2ccc(Br)cc2)csc1NC(=O)C(C)(C)C. The molecule has 0 spiro atoms. The van der Waals surface area contributed by atoms with E-state index in [0.717, 1.165) is 15.6 Å². The molecule has 0 aliphatic rings. The van der Waals surface area contributed by atoms with Crippen LogP contribution in [-0.2, 0) is 9.53 Å². The van der Waals surface area contributed by atoms with Gasteiger partial charge in [0.25, 0.3) is 0 Å². The molecule has 1 heterocycles. The van der Waals surface area contributed by atoms with Crippen LogP contribution in [0.25, 0.3) is 11.1 Å². The first kappa shape index (κ1) is 17.7. The third-order valence-corrected chi connectivity index (χ3v) is 4.67. The highest BCUT2D eigenvalue weighted by Crippen LogP contribution is 2.37. The van der Waals surface area contributed by atoms with Crippen molar-refractivity contribution < 1.29 is 14.3 Å². The number of hydrogen-bond donors (Lipinski definition) is 1. The Morgan fingerprint density at radius 2 is 1.78 bits per heavy atom. The second-order valence-corrected chi connectivity index (χ2v) is 7.85. The van der Waals surface area contributed by atoms with E-state index in [2.05, 4.69) is 21.2 Å². The molecule has 1 N–H and O–H groups in total. The molecule has 0 aliphatic carbocycles. The van der Waals surface area contributed by atoms with Crippen LogP contribution in [0.15, 0.2) is 34.1 Å². The van der Waals surface area contributed by atoms with Gasteiger partial charge in [-0.05, 0) is 17.7 Å². The summed E-state index contributed by atoms with van der Waals surface area (Å²) in [6.45, 7) is 5.47. The summed E-state index contributed by atoms with van der Waals surface area (Å²) >= 11 is 4.71. The summed E-state index contributed by atoms with van der Waals surface area (Å²) in [7, 11) is 1.33. The lowest BCUT2D eigenvalue weighted by Crippen LogP contribution is -2.28. The van der Waals surface area contributed by atoms with Crippen molar-refractivity contribution in [2.75, 3.05) is 12.4 Å². The average Bonchev–Trinajstić information content (AvgIpc) is 2.90. The van der Waals surface area contributed by atoms with E-state index in [1.807, 2.05) is 50.4 Å². The number of carbonyl (C=O) groups is 2. The fraction of sp³-hybridized carbons (Fsp3) is 0.294. The van der Waals surface area contributed by atoms with E-state index in [-0.39, 0.29) is 5.91 Å². The molecule has 0 atom stereocenters. The predicted octanol–water partition coefficient (Wildman–Crippen LogP) is 4.95. The Morgan fingerprint density at radius 1 is 1.17 bits per heavy atom. The maximum absolute atomic E-state index is 12.2. The minimum Gasteiger partial charge on any atom is -0.465 e. The van der Waals surface area contributed by atoms with E-state index in [1.54, 1.807) is 0 Å². The molecule has 1 aromatic heterocycles. The lowest BCUT2D eigenvalue weighted by molar-refractivity contribution is -0.123. The highest BCUT2D eigenvalue weighted by molar-refractivity contribution is 9.10. The Hall–Kier alpha value is -1.66. The first-order valence-electron chi connectivity index (χ1n) is 7.01. The maximum atomic E-state index is 12.2. The van der Waals surface area contributed by atoms with Crippen LogP contribution in [0.1, 0.15) is 31.1 Å². The van der Waals surface area contributed by atoms with Gasteiger partial charge >= 0.3 is 5.97 Å². The maximum Gasteiger partial charge on any atom is 0.341 e. The van der Waals surface area contributed by atoms with Crippen LogP contribution in [0, 0.1) is 5.41 Å². The molecular formula is C17H18BrNO3S. The lowest BCUT2D eigenvalue weighted by Gasteiger charge is -2.17. The van der Waals surface area contributed by atoms with Crippen molar-refractivity contribution in [2.24, 2.45) is 5.41 Å². The van der Waals surface area contributed by atoms with Gasteiger partial charge < -0.3 is 10.1 Å². The zero-order valence-corrected chi connectivity index (χ0v) is 15.8. The zero-order valence-electron chi connectivity index (χ0n) is 13.4. The quantitative estimate of drug-likeness (QED) is 0.747. The van der Waals surface area contributed by atoms with Crippen LogP contribution >= 0.6 is 27.3 Å². The van der Waals surface area contributed by atoms with Crippen LogP contribution < -0.4 is 5.32 Å². The molecule has 0 radical (unpaired) electrons. The second kappa shape index (κ2) is 6.84. The van der Waals surface area contributed by atoms with Gasteiger partial charge in [0.1, 0.15) is 10.6 Å². The van der Waals surface area contributed by atoms with Crippen LogP contribution in [0.2, 0.25) is 0 Å². The topological polar surface area (TPSA) is 55.4 Å². The number of nitrogens with one attached hydrogen (secondary N) is 1. The standard InChI is InChI=1S/C17H18BrNO3S/c1-17(2,3)16(21)19-14-13(15(20)22-4)12(9-23-14)10-5-7-11(18)8-6-10/h5-9H,1-4H3,(H,19,21). The van der Waals surface area contributed by atoms with Gasteiger partial charge in [-0.2, -0.15) is 0 Å². The number of anilines is 1. The molecule has 2 rings (SSSR count). The van der Waals surface area contributed by atoms with Crippen LogP contribution in [0.4, 0.5) is 5.00 Å². The minimum absolute atomic E-state index is 0.146. The molecule has 122 valence electrons. The number of esters is 1. The zero-order chi connectivity index (χ0) is 17.2. The summed E-state index contributed by atoms with van der Waals surface area (Å²) in [5.74, 6) is -0.611. The molecule has 4 nitrogen and oxygen atoms in total.